The van der Waals surface area contributed by atoms with E-state index in [0.717, 1.165) is 89.9 Å². The Kier molecular flexibility index (Phi) is 48.0. The van der Waals surface area contributed by atoms with Gasteiger partial charge in [0.15, 0.2) is 0 Å². The van der Waals surface area contributed by atoms with Crippen molar-refractivity contribution in [2.75, 3.05) is 6.61 Å². The van der Waals surface area contributed by atoms with Gasteiger partial charge in [0, 0.05) is 6.42 Å². The van der Waals surface area contributed by atoms with E-state index in [1.165, 1.54) is 89.9 Å². The molecule has 0 aliphatic heterocycles. The molecule has 0 aromatic rings. The van der Waals surface area contributed by atoms with E-state index in [4.69, 9.17) is 0 Å². The van der Waals surface area contributed by atoms with Gasteiger partial charge in [-0.05, 0) is 103 Å². The van der Waals surface area contributed by atoms with Gasteiger partial charge in [-0.2, -0.15) is 0 Å². The molecular formula is C57H93NO3. The summed E-state index contributed by atoms with van der Waals surface area (Å²) in [6.45, 7) is 4.13. The summed E-state index contributed by atoms with van der Waals surface area (Å²) >= 11 is 0. The maximum Gasteiger partial charge on any atom is 0.220 e. The minimum Gasteiger partial charge on any atom is -0.394 e. The Bertz CT molecular complexity index is 1270. The number of hydrogen-bond acceptors (Lipinski definition) is 3. The van der Waals surface area contributed by atoms with Gasteiger partial charge >= 0.3 is 0 Å². The molecule has 0 radical (unpaired) electrons. The summed E-state index contributed by atoms with van der Waals surface area (Å²) in [6, 6.07) is -0.647. The lowest BCUT2D eigenvalue weighted by Crippen LogP contribution is -2.45. The molecule has 2 atom stereocenters. The second-order valence-electron chi connectivity index (χ2n) is 16.1. The van der Waals surface area contributed by atoms with Crippen molar-refractivity contribution in [2.24, 2.45) is 0 Å². The standard InChI is InChI=1S/C57H93NO3/c1-3-5-7-9-11-13-15-16-17-18-19-20-21-22-23-24-25-26-27-28-29-30-31-32-33-34-35-36-37-38-39-40-41-42-43-45-47-49-51-53-57(61)58-55(54-59)56(60)52-50-48-46-44-14-12-10-8-6-4-2/h5,7,11,13-14,16-17,19-20,22-23,25-26,28-29,31-32,34-35,44,50,52,55-56,59-60H,3-4,6,8-10,12,15,18,21,24,27,30,33,36-43,45-49,51,53-54H2,1-2H3,(H,58,61)/b7-5-,13-11-,17-16-,20-19-,23-22-,26-25-,29-28-,32-31-,35-34-,44-14+,52-50+. The van der Waals surface area contributed by atoms with Crippen molar-refractivity contribution in [1.29, 1.82) is 0 Å². The number of rotatable bonds is 43. The fraction of sp³-hybridized carbons (Fsp3) is 0.596. The zero-order chi connectivity index (χ0) is 44.2. The van der Waals surface area contributed by atoms with E-state index in [9.17, 15) is 15.0 Å². The maximum atomic E-state index is 12.4. The highest BCUT2D eigenvalue weighted by Gasteiger charge is 2.17. The molecule has 0 saturated carbocycles. The Balaban J connectivity index is 3.61. The first-order valence-electron chi connectivity index (χ1n) is 24.9. The lowest BCUT2D eigenvalue weighted by molar-refractivity contribution is -0.123. The highest BCUT2D eigenvalue weighted by molar-refractivity contribution is 5.76. The van der Waals surface area contributed by atoms with Crippen molar-refractivity contribution < 1.29 is 15.0 Å². The van der Waals surface area contributed by atoms with Gasteiger partial charge in [-0.3, -0.25) is 4.79 Å². The zero-order valence-electron chi connectivity index (χ0n) is 39.4. The third-order valence-corrected chi connectivity index (χ3v) is 10.4. The van der Waals surface area contributed by atoms with Gasteiger partial charge in [-0.25, -0.2) is 0 Å². The molecule has 4 heteroatoms. The summed E-state index contributed by atoms with van der Waals surface area (Å²) in [4.78, 5) is 12.4. The van der Waals surface area contributed by atoms with Gasteiger partial charge in [0.05, 0.1) is 18.8 Å². The summed E-state index contributed by atoms with van der Waals surface area (Å²) in [5.74, 6) is -0.0859. The Morgan fingerprint density at radius 1 is 0.410 bits per heavy atom. The Labute approximate surface area is 377 Å². The van der Waals surface area contributed by atoms with Crippen LogP contribution in [0.2, 0.25) is 0 Å². The van der Waals surface area contributed by atoms with Crippen LogP contribution in [0.1, 0.15) is 200 Å². The van der Waals surface area contributed by atoms with Crippen LogP contribution in [0.3, 0.4) is 0 Å². The van der Waals surface area contributed by atoms with E-state index < -0.39 is 12.1 Å². The van der Waals surface area contributed by atoms with Crippen LogP contribution < -0.4 is 5.32 Å². The molecule has 4 nitrogen and oxygen atoms in total. The molecular weight excluding hydrogens is 747 g/mol. The molecule has 0 heterocycles. The fourth-order valence-electron chi connectivity index (χ4n) is 6.60. The van der Waals surface area contributed by atoms with Gasteiger partial charge in [0.1, 0.15) is 0 Å². The van der Waals surface area contributed by atoms with Gasteiger partial charge < -0.3 is 15.5 Å². The highest BCUT2D eigenvalue weighted by atomic mass is 16.3. The third-order valence-electron chi connectivity index (χ3n) is 10.4. The van der Waals surface area contributed by atoms with Gasteiger partial charge in [-0.1, -0.05) is 225 Å². The molecule has 0 aliphatic carbocycles. The average Bonchev–Trinajstić information content (AvgIpc) is 3.26. The van der Waals surface area contributed by atoms with Crippen molar-refractivity contribution in [3.05, 3.63) is 134 Å². The molecule has 0 aromatic heterocycles. The summed E-state index contributed by atoms with van der Waals surface area (Å²) in [6.07, 6.45) is 80.2. The number of aliphatic hydroxyl groups excluding tert-OH is 2. The second kappa shape index (κ2) is 50.9. The van der Waals surface area contributed by atoms with Gasteiger partial charge in [0.2, 0.25) is 5.91 Å². The van der Waals surface area contributed by atoms with Crippen LogP contribution in [-0.4, -0.2) is 34.9 Å². The Morgan fingerprint density at radius 3 is 1.15 bits per heavy atom. The maximum absolute atomic E-state index is 12.4. The van der Waals surface area contributed by atoms with Gasteiger partial charge in [0.25, 0.3) is 0 Å². The molecule has 1 amide bonds. The molecule has 3 N–H and O–H groups in total. The Morgan fingerprint density at radius 2 is 0.738 bits per heavy atom. The van der Waals surface area contributed by atoms with Crippen molar-refractivity contribution >= 4 is 5.91 Å². The lowest BCUT2D eigenvalue weighted by atomic mass is 10.0. The smallest absolute Gasteiger partial charge is 0.220 e. The summed E-state index contributed by atoms with van der Waals surface area (Å²) in [7, 11) is 0. The van der Waals surface area contributed by atoms with Crippen molar-refractivity contribution in [3.8, 4) is 0 Å². The first-order chi connectivity index (χ1) is 30.2. The first kappa shape index (κ1) is 57.5. The lowest BCUT2D eigenvalue weighted by Gasteiger charge is -2.19. The number of unbranched alkanes of at least 4 members (excludes halogenated alkanes) is 16. The van der Waals surface area contributed by atoms with E-state index in [0.29, 0.717) is 6.42 Å². The number of nitrogens with one attached hydrogen (secondary N) is 1. The minimum absolute atomic E-state index is 0.0859. The molecule has 61 heavy (non-hydrogen) atoms. The number of allylic oxidation sites excluding steroid dienone is 21. The monoisotopic (exact) mass is 840 g/mol. The zero-order valence-corrected chi connectivity index (χ0v) is 39.4. The predicted octanol–water partition coefficient (Wildman–Crippen LogP) is 16.3. The summed E-state index contributed by atoms with van der Waals surface area (Å²) in [5, 5.41) is 22.9. The van der Waals surface area contributed by atoms with Crippen LogP contribution in [0.25, 0.3) is 0 Å². The molecule has 0 aromatic carbocycles. The van der Waals surface area contributed by atoms with Crippen LogP contribution in [0, 0.1) is 0 Å². The van der Waals surface area contributed by atoms with Crippen LogP contribution in [0.4, 0.5) is 0 Å². The SMILES string of the molecule is CC/C=C\C/C=C\C/C=C\C/C=C\C/C=C\C/C=C\C/C=C\C/C=C\C/C=C\CCCCCCCCCCCCCC(=O)NC(CO)C(O)/C=C/CC/C=C/CCCCCC. The normalized spacial score (nSPS) is 14.1. The first-order valence-corrected chi connectivity index (χ1v) is 24.9. The largest absolute Gasteiger partial charge is 0.394 e. The van der Waals surface area contributed by atoms with Crippen molar-refractivity contribution in [3.63, 3.8) is 0 Å². The van der Waals surface area contributed by atoms with Crippen LogP contribution >= 0.6 is 0 Å². The molecule has 0 rings (SSSR count). The molecule has 2 unspecified atom stereocenters. The second-order valence-corrected chi connectivity index (χ2v) is 16.1. The van der Waals surface area contributed by atoms with E-state index in [1.807, 2.05) is 6.08 Å². The molecule has 0 spiro atoms. The number of aliphatic hydroxyl groups is 2. The average molecular weight is 840 g/mol. The molecule has 0 aliphatic rings. The highest BCUT2D eigenvalue weighted by Crippen LogP contribution is 2.13. The number of carbonyl (C=O) groups is 1. The fourth-order valence-corrected chi connectivity index (χ4v) is 6.60. The van der Waals surface area contributed by atoms with Crippen molar-refractivity contribution in [2.45, 2.75) is 212 Å². The van der Waals surface area contributed by atoms with E-state index in [-0.39, 0.29) is 12.5 Å². The molecule has 0 saturated heterocycles. The topological polar surface area (TPSA) is 69.6 Å². The van der Waals surface area contributed by atoms with E-state index in [2.05, 4.69) is 141 Å². The minimum atomic E-state index is -0.869. The Hall–Kier alpha value is -3.47. The van der Waals surface area contributed by atoms with Crippen LogP contribution in [-0.2, 0) is 4.79 Å². The summed E-state index contributed by atoms with van der Waals surface area (Å²) in [5.41, 5.74) is 0. The van der Waals surface area contributed by atoms with Gasteiger partial charge in [-0.15, -0.1) is 0 Å². The number of amides is 1. The van der Waals surface area contributed by atoms with Crippen LogP contribution in [0.15, 0.2) is 134 Å². The number of hydrogen-bond donors (Lipinski definition) is 3. The van der Waals surface area contributed by atoms with E-state index >= 15 is 0 Å². The van der Waals surface area contributed by atoms with E-state index in [1.54, 1.807) is 6.08 Å². The molecule has 344 valence electrons. The number of carbonyl (C=O) groups excluding carboxylic acids is 1. The molecule has 0 fully saturated rings. The molecule has 0 bridgehead atoms. The quantitative estimate of drug-likeness (QED) is 0.0423. The summed E-state index contributed by atoms with van der Waals surface area (Å²) < 4.78 is 0. The third kappa shape index (κ3) is 47.4. The predicted molar refractivity (Wildman–Crippen MR) is 271 cm³/mol. The van der Waals surface area contributed by atoms with Crippen molar-refractivity contribution in [1.82, 2.24) is 5.32 Å². The van der Waals surface area contributed by atoms with Crippen LogP contribution in [0.5, 0.6) is 0 Å².